The van der Waals surface area contributed by atoms with Gasteiger partial charge in [0, 0.05) is 30.6 Å². The lowest BCUT2D eigenvalue weighted by Gasteiger charge is -2.44. The van der Waals surface area contributed by atoms with Gasteiger partial charge in [0.2, 0.25) is 0 Å². The number of nitrogens with one attached hydrogen (secondary N) is 2. The Bertz CT molecular complexity index is 857. The quantitative estimate of drug-likeness (QED) is 0.763. The highest BCUT2D eigenvalue weighted by Gasteiger charge is 2.35. The number of piperidine rings is 3. The van der Waals surface area contributed by atoms with Gasteiger partial charge in [-0.3, -0.25) is 4.79 Å². The molecule has 7 heteroatoms. The minimum Gasteiger partial charge on any atom is -0.371 e. The molecule has 0 aliphatic carbocycles. The van der Waals surface area contributed by atoms with Gasteiger partial charge >= 0.3 is 0 Å². The second-order valence-corrected chi connectivity index (χ2v) is 10.5. The lowest BCUT2D eigenvalue weighted by Crippen LogP contribution is -2.57. The van der Waals surface area contributed by atoms with Crippen LogP contribution in [0.5, 0.6) is 0 Å². The van der Waals surface area contributed by atoms with Crippen LogP contribution in [0.4, 0.5) is 0 Å². The molecule has 0 radical (unpaired) electrons. The van der Waals surface area contributed by atoms with E-state index in [4.69, 9.17) is 4.74 Å². The molecule has 1 amide bonds. The van der Waals surface area contributed by atoms with E-state index in [0.717, 1.165) is 35.3 Å². The van der Waals surface area contributed by atoms with Crippen molar-refractivity contribution in [3.63, 3.8) is 0 Å². The van der Waals surface area contributed by atoms with E-state index in [1.807, 2.05) is 6.07 Å². The van der Waals surface area contributed by atoms with Gasteiger partial charge < -0.3 is 20.3 Å². The number of hydrogen-bond acceptors (Lipinski definition) is 6. The zero-order valence-corrected chi connectivity index (χ0v) is 18.1. The molecule has 2 aromatic rings. The number of carbonyl (C=O) groups excluding carboxylic acids is 1. The fourth-order valence-electron chi connectivity index (χ4n) is 4.54. The van der Waals surface area contributed by atoms with Crippen LogP contribution in [0.25, 0.3) is 0 Å². The van der Waals surface area contributed by atoms with Gasteiger partial charge in [-0.15, -0.1) is 11.3 Å². The standard InChI is InChI=1S/C22H27N3O2S2/c26-22(24-18-14-25-9-6-15(18)7-10-25)20-4-5-21(29-20)28-17-3-1-2-16(12-17)19-13-23-8-11-27-19/h1-5,12,15,18-19,23H,6-11,13-14H2,(H,24,26)/t18-,19?/m0/s1. The first-order chi connectivity index (χ1) is 14.2. The van der Waals surface area contributed by atoms with Crippen molar-refractivity contribution in [3.8, 4) is 0 Å². The second-order valence-electron chi connectivity index (χ2n) is 8.07. The molecule has 4 saturated heterocycles. The molecule has 2 atom stereocenters. The van der Waals surface area contributed by atoms with Crippen molar-refractivity contribution in [2.75, 3.05) is 39.3 Å². The molecule has 4 aliphatic rings. The third kappa shape index (κ3) is 4.54. The van der Waals surface area contributed by atoms with Crippen molar-refractivity contribution in [3.05, 3.63) is 46.8 Å². The molecule has 154 valence electrons. The van der Waals surface area contributed by atoms with E-state index in [1.165, 1.54) is 36.4 Å². The van der Waals surface area contributed by atoms with Crippen LogP contribution >= 0.6 is 23.1 Å². The number of thiophene rings is 1. The van der Waals surface area contributed by atoms with Gasteiger partial charge in [-0.1, -0.05) is 23.9 Å². The summed E-state index contributed by atoms with van der Waals surface area (Å²) >= 11 is 3.30. The van der Waals surface area contributed by atoms with E-state index >= 15 is 0 Å². The number of benzene rings is 1. The molecule has 4 fully saturated rings. The first kappa shape index (κ1) is 19.6. The van der Waals surface area contributed by atoms with E-state index in [1.54, 1.807) is 23.1 Å². The largest absolute Gasteiger partial charge is 0.371 e. The van der Waals surface area contributed by atoms with Crippen LogP contribution in [0, 0.1) is 5.92 Å². The molecule has 5 nitrogen and oxygen atoms in total. The maximum Gasteiger partial charge on any atom is 0.261 e. The van der Waals surface area contributed by atoms with Gasteiger partial charge in [-0.05, 0) is 61.7 Å². The molecule has 1 aromatic heterocycles. The van der Waals surface area contributed by atoms with Crippen LogP contribution in [0.3, 0.4) is 0 Å². The highest BCUT2D eigenvalue weighted by molar-refractivity contribution is 8.01. The van der Waals surface area contributed by atoms with Crippen molar-refractivity contribution >= 4 is 29.0 Å². The number of rotatable bonds is 5. The Kier molecular flexibility index (Phi) is 5.92. The summed E-state index contributed by atoms with van der Waals surface area (Å²) < 4.78 is 7.01. The Morgan fingerprint density at radius 2 is 2.14 bits per heavy atom. The summed E-state index contributed by atoms with van der Waals surface area (Å²) in [6.45, 7) is 5.93. The average Bonchev–Trinajstić information content (AvgIpc) is 3.24. The Morgan fingerprint density at radius 1 is 1.24 bits per heavy atom. The average molecular weight is 430 g/mol. The Hall–Kier alpha value is -1.38. The summed E-state index contributed by atoms with van der Waals surface area (Å²) in [6.07, 6.45) is 2.55. The Morgan fingerprint density at radius 3 is 2.90 bits per heavy atom. The first-order valence-electron chi connectivity index (χ1n) is 10.5. The van der Waals surface area contributed by atoms with Crippen molar-refractivity contribution in [1.29, 1.82) is 0 Å². The first-order valence-corrected chi connectivity index (χ1v) is 12.1. The minimum atomic E-state index is 0.0797. The van der Waals surface area contributed by atoms with Crippen LogP contribution in [-0.2, 0) is 4.74 Å². The van der Waals surface area contributed by atoms with E-state index in [-0.39, 0.29) is 12.0 Å². The van der Waals surface area contributed by atoms with Gasteiger partial charge in [-0.2, -0.15) is 0 Å². The van der Waals surface area contributed by atoms with Crippen LogP contribution in [-0.4, -0.2) is 56.2 Å². The Balaban J connectivity index is 1.22. The lowest BCUT2D eigenvalue weighted by atomic mass is 9.84. The van der Waals surface area contributed by atoms with Crippen LogP contribution in [0.1, 0.15) is 34.2 Å². The maximum absolute atomic E-state index is 12.8. The third-order valence-electron chi connectivity index (χ3n) is 6.15. The number of fused-ring (bicyclic) bond motifs is 3. The van der Waals surface area contributed by atoms with Crippen molar-refractivity contribution in [2.24, 2.45) is 5.92 Å². The predicted molar refractivity (Wildman–Crippen MR) is 117 cm³/mol. The van der Waals surface area contributed by atoms with Crippen LogP contribution in [0.15, 0.2) is 45.5 Å². The summed E-state index contributed by atoms with van der Waals surface area (Å²) in [5.74, 6) is 0.730. The van der Waals surface area contributed by atoms with Crippen molar-refractivity contribution in [2.45, 2.75) is 34.1 Å². The molecule has 6 rings (SSSR count). The normalized spacial score (nSPS) is 29.0. The molecule has 4 aliphatic heterocycles. The minimum absolute atomic E-state index is 0.0797. The Labute approximate surface area is 180 Å². The molecule has 2 bridgehead atoms. The van der Waals surface area contributed by atoms with Gasteiger partial charge in [0.1, 0.15) is 0 Å². The van der Waals surface area contributed by atoms with E-state index in [0.29, 0.717) is 12.0 Å². The van der Waals surface area contributed by atoms with Gasteiger partial charge in [0.05, 0.1) is 21.8 Å². The molecular formula is C22H27N3O2S2. The summed E-state index contributed by atoms with van der Waals surface area (Å²) in [4.78, 5) is 17.2. The summed E-state index contributed by atoms with van der Waals surface area (Å²) in [5, 5.41) is 6.68. The van der Waals surface area contributed by atoms with E-state index in [2.05, 4.69) is 45.9 Å². The summed E-state index contributed by atoms with van der Waals surface area (Å²) in [7, 11) is 0. The van der Waals surface area contributed by atoms with Gasteiger partial charge in [0.15, 0.2) is 0 Å². The SMILES string of the molecule is O=C(N[C@H]1CN2CCC1CC2)c1ccc(Sc2cccc(C3CNCCO3)c2)s1. The van der Waals surface area contributed by atoms with E-state index in [9.17, 15) is 4.79 Å². The number of hydrogen-bond donors (Lipinski definition) is 2. The molecule has 0 spiro atoms. The lowest BCUT2D eigenvalue weighted by molar-refractivity contribution is 0.0276. The highest BCUT2D eigenvalue weighted by Crippen LogP contribution is 2.35. The number of amides is 1. The summed E-state index contributed by atoms with van der Waals surface area (Å²) in [6, 6.07) is 12.9. The predicted octanol–water partition coefficient (Wildman–Crippen LogP) is 3.38. The van der Waals surface area contributed by atoms with Crippen molar-refractivity contribution < 1.29 is 9.53 Å². The topological polar surface area (TPSA) is 53.6 Å². The molecule has 1 unspecified atom stereocenters. The highest BCUT2D eigenvalue weighted by atomic mass is 32.2. The molecular weight excluding hydrogens is 402 g/mol. The van der Waals surface area contributed by atoms with Gasteiger partial charge in [-0.25, -0.2) is 0 Å². The second kappa shape index (κ2) is 8.78. The fraction of sp³-hybridized carbons (Fsp3) is 0.500. The number of morpholine rings is 1. The van der Waals surface area contributed by atoms with Crippen LogP contribution in [0.2, 0.25) is 0 Å². The number of nitrogens with zero attached hydrogens (tertiary/aromatic N) is 1. The molecule has 0 saturated carbocycles. The van der Waals surface area contributed by atoms with E-state index < -0.39 is 0 Å². The van der Waals surface area contributed by atoms with Crippen molar-refractivity contribution in [1.82, 2.24) is 15.5 Å². The summed E-state index contributed by atoms with van der Waals surface area (Å²) in [5.41, 5.74) is 1.21. The molecule has 29 heavy (non-hydrogen) atoms. The number of carbonyl (C=O) groups is 1. The zero-order chi connectivity index (χ0) is 19.6. The zero-order valence-electron chi connectivity index (χ0n) is 16.4. The fourth-order valence-corrected chi connectivity index (χ4v) is 6.61. The maximum atomic E-state index is 12.8. The molecule has 1 aromatic carbocycles. The molecule has 2 N–H and O–H groups in total. The third-order valence-corrected chi connectivity index (χ3v) is 8.36. The van der Waals surface area contributed by atoms with Crippen LogP contribution < -0.4 is 10.6 Å². The smallest absolute Gasteiger partial charge is 0.261 e. The number of ether oxygens (including phenoxy) is 1. The monoisotopic (exact) mass is 429 g/mol. The van der Waals surface area contributed by atoms with Gasteiger partial charge in [0.25, 0.3) is 5.91 Å². The molecule has 5 heterocycles.